The van der Waals surface area contributed by atoms with Crippen LogP contribution < -0.4 is 0 Å². The lowest BCUT2D eigenvalue weighted by Gasteiger charge is -2.12. The van der Waals surface area contributed by atoms with Crippen LogP contribution in [0.2, 0.25) is 0 Å². The van der Waals surface area contributed by atoms with E-state index in [1.54, 1.807) is 0 Å². The smallest absolute Gasteiger partial charge is 0.000133 e. The Morgan fingerprint density at radius 3 is 2.13 bits per heavy atom. The molecule has 0 radical (unpaired) electrons. The first-order valence-electron chi connectivity index (χ1n) is 8.18. The highest BCUT2D eigenvalue weighted by atomic mass is 14.3. The number of benzene rings is 4. The summed E-state index contributed by atoms with van der Waals surface area (Å²) in [6.07, 6.45) is 5.60. The Morgan fingerprint density at radius 2 is 1.22 bits per heavy atom. The summed E-state index contributed by atoms with van der Waals surface area (Å²) in [5.74, 6) is 0. The first kappa shape index (κ1) is 11.7. The molecule has 0 heteroatoms. The average molecular weight is 290 g/mol. The zero-order valence-electron chi connectivity index (χ0n) is 12.6. The van der Waals surface area contributed by atoms with Crippen molar-refractivity contribution in [3.8, 4) is 11.1 Å². The third-order valence-electron chi connectivity index (χ3n) is 5.47. The summed E-state index contributed by atoms with van der Waals surface area (Å²) in [6, 6.07) is 22.5. The third-order valence-corrected chi connectivity index (χ3v) is 5.47. The van der Waals surface area contributed by atoms with E-state index in [0.717, 1.165) is 6.42 Å². The molecule has 4 aromatic rings. The second-order valence-electron chi connectivity index (χ2n) is 6.58. The molecule has 2 aliphatic carbocycles. The van der Waals surface area contributed by atoms with Crippen LogP contribution >= 0.6 is 0 Å². The van der Waals surface area contributed by atoms with Gasteiger partial charge in [-0.25, -0.2) is 0 Å². The summed E-state index contributed by atoms with van der Waals surface area (Å²) >= 11 is 0. The van der Waals surface area contributed by atoms with Gasteiger partial charge in [0.2, 0.25) is 0 Å². The first-order valence-corrected chi connectivity index (χ1v) is 8.18. The molecule has 0 heterocycles. The number of fused-ring (bicyclic) bond motifs is 1. The summed E-state index contributed by atoms with van der Waals surface area (Å²) in [5.41, 5.74) is 8.46. The van der Waals surface area contributed by atoms with E-state index in [9.17, 15) is 0 Å². The molecule has 0 saturated carbocycles. The standard InChI is InChI=1S/C23H14/c1-3-14-7-8-15-9-10-17-12-11-16-4-2-6-19-18(5-1)20(14)13-21(15)23(17)22(16)19/h1-12H,13H2. The molecule has 0 unspecified atom stereocenters. The lowest BCUT2D eigenvalue weighted by Crippen LogP contribution is -1.93. The van der Waals surface area contributed by atoms with Crippen LogP contribution in [0.25, 0.3) is 44.8 Å². The zero-order chi connectivity index (χ0) is 15.0. The molecule has 0 nitrogen and oxygen atoms in total. The second kappa shape index (κ2) is 3.91. The molecule has 2 bridgehead atoms. The lowest BCUT2D eigenvalue weighted by atomic mass is 9.91. The fourth-order valence-electron chi connectivity index (χ4n) is 4.42. The van der Waals surface area contributed by atoms with E-state index in [1.165, 1.54) is 54.9 Å². The van der Waals surface area contributed by atoms with Crippen LogP contribution in [0.5, 0.6) is 0 Å². The van der Waals surface area contributed by atoms with Crippen LogP contribution in [-0.4, -0.2) is 0 Å². The largest absolute Gasteiger partial charge is 0.0610 e. The van der Waals surface area contributed by atoms with Crippen molar-refractivity contribution in [2.45, 2.75) is 6.42 Å². The molecule has 106 valence electrons. The fraction of sp³-hybridized carbons (Fsp3) is 0.0435. The normalized spacial score (nSPS) is 13.7. The van der Waals surface area contributed by atoms with E-state index >= 15 is 0 Å². The predicted octanol–water partition coefficient (Wildman–Crippen LogP) is 6.05. The molecule has 0 N–H and O–H groups in total. The quantitative estimate of drug-likeness (QED) is 0.299. The van der Waals surface area contributed by atoms with Crippen molar-refractivity contribution in [1.82, 2.24) is 0 Å². The van der Waals surface area contributed by atoms with Crippen molar-refractivity contribution >= 4 is 33.7 Å². The molecule has 0 spiro atoms. The number of hydrogen-bond donors (Lipinski definition) is 0. The second-order valence-corrected chi connectivity index (χ2v) is 6.58. The van der Waals surface area contributed by atoms with E-state index in [0.29, 0.717) is 0 Å². The van der Waals surface area contributed by atoms with Crippen LogP contribution in [-0.2, 0) is 6.42 Å². The molecule has 0 atom stereocenters. The van der Waals surface area contributed by atoms with Crippen LogP contribution in [0.3, 0.4) is 0 Å². The van der Waals surface area contributed by atoms with Gasteiger partial charge < -0.3 is 0 Å². The van der Waals surface area contributed by atoms with Gasteiger partial charge in [0.15, 0.2) is 0 Å². The minimum absolute atomic E-state index is 1.03. The van der Waals surface area contributed by atoms with Gasteiger partial charge in [-0.15, -0.1) is 0 Å². The number of hydrogen-bond acceptors (Lipinski definition) is 0. The van der Waals surface area contributed by atoms with Gasteiger partial charge >= 0.3 is 0 Å². The Labute approximate surface area is 134 Å². The van der Waals surface area contributed by atoms with E-state index in [4.69, 9.17) is 0 Å². The number of rotatable bonds is 0. The van der Waals surface area contributed by atoms with Crippen LogP contribution in [0.1, 0.15) is 22.3 Å². The van der Waals surface area contributed by atoms with E-state index in [1.807, 2.05) is 0 Å². The minimum Gasteiger partial charge on any atom is -0.0610 e. The maximum atomic E-state index is 2.29. The van der Waals surface area contributed by atoms with Crippen LogP contribution in [0.4, 0.5) is 0 Å². The molecule has 2 aliphatic rings. The summed E-state index contributed by atoms with van der Waals surface area (Å²) in [4.78, 5) is 0. The van der Waals surface area contributed by atoms with Crippen molar-refractivity contribution in [2.75, 3.05) is 0 Å². The highest BCUT2D eigenvalue weighted by molar-refractivity contribution is 6.18. The summed E-state index contributed by atoms with van der Waals surface area (Å²) in [6.45, 7) is 0. The minimum atomic E-state index is 1.03. The lowest BCUT2D eigenvalue weighted by molar-refractivity contribution is 1.22. The predicted molar refractivity (Wildman–Crippen MR) is 98.6 cm³/mol. The molecule has 0 saturated heterocycles. The van der Waals surface area contributed by atoms with Gasteiger partial charge in [0.25, 0.3) is 0 Å². The third kappa shape index (κ3) is 1.37. The highest BCUT2D eigenvalue weighted by Crippen LogP contribution is 2.44. The van der Waals surface area contributed by atoms with Gasteiger partial charge in [0.05, 0.1) is 0 Å². The maximum Gasteiger partial charge on any atom is -0.000133 e. The molecule has 6 rings (SSSR count). The molecule has 23 heavy (non-hydrogen) atoms. The van der Waals surface area contributed by atoms with Crippen molar-refractivity contribution < 1.29 is 0 Å². The van der Waals surface area contributed by atoms with E-state index in [2.05, 4.69) is 72.8 Å². The van der Waals surface area contributed by atoms with Gasteiger partial charge in [-0.3, -0.25) is 0 Å². The Morgan fingerprint density at radius 1 is 0.522 bits per heavy atom. The Kier molecular flexibility index (Phi) is 1.98. The molecular weight excluding hydrogens is 276 g/mol. The van der Waals surface area contributed by atoms with Crippen molar-refractivity contribution in [2.24, 2.45) is 0 Å². The van der Waals surface area contributed by atoms with Crippen molar-refractivity contribution in [3.05, 3.63) is 82.9 Å². The topological polar surface area (TPSA) is 0 Å². The summed E-state index contributed by atoms with van der Waals surface area (Å²) in [7, 11) is 0. The molecule has 0 fully saturated rings. The molecular formula is C23H14. The van der Waals surface area contributed by atoms with Gasteiger partial charge in [-0.05, 0) is 61.3 Å². The van der Waals surface area contributed by atoms with Gasteiger partial charge in [0, 0.05) is 0 Å². The Balaban J connectivity index is 2.02. The molecule has 0 amide bonds. The Hall–Kier alpha value is -2.86. The molecule has 4 aromatic carbocycles. The highest BCUT2D eigenvalue weighted by Gasteiger charge is 2.22. The monoisotopic (exact) mass is 290 g/mol. The molecule has 0 aliphatic heterocycles. The van der Waals surface area contributed by atoms with Crippen LogP contribution in [0.15, 0.2) is 60.7 Å². The summed E-state index contributed by atoms with van der Waals surface area (Å²) < 4.78 is 0. The van der Waals surface area contributed by atoms with Crippen LogP contribution in [0, 0.1) is 0 Å². The Bertz CT molecular complexity index is 1180. The average Bonchev–Trinajstić information content (AvgIpc) is 2.88. The first-order chi connectivity index (χ1) is 11.4. The van der Waals surface area contributed by atoms with Crippen molar-refractivity contribution in [3.63, 3.8) is 0 Å². The van der Waals surface area contributed by atoms with Crippen molar-refractivity contribution in [1.29, 1.82) is 0 Å². The zero-order valence-corrected chi connectivity index (χ0v) is 12.6. The molecule has 0 aromatic heterocycles. The van der Waals surface area contributed by atoms with E-state index < -0.39 is 0 Å². The van der Waals surface area contributed by atoms with Gasteiger partial charge in [0.1, 0.15) is 0 Å². The van der Waals surface area contributed by atoms with Gasteiger partial charge in [-0.1, -0.05) is 72.8 Å². The summed E-state index contributed by atoms with van der Waals surface area (Å²) in [5, 5.41) is 5.57. The van der Waals surface area contributed by atoms with E-state index in [-0.39, 0.29) is 0 Å². The SMILES string of the molecule is C1=Cc2ccc3ccc4cccc5c4c3c2Cc2c1cccc2-5. The fourth-order valence-corrected chi connectivity index (χ4v) is 4.42. The van der Waals surface area contributed by atoms with Gasteiger partial charge in [-0.2, -0.15) is 0 Å². The maximum absolute atomic E-state index is 2.29.